The van der Waals surface area contributed by atoms with Gasteiger partial charge < -0.3 is 19.9 Å². The fraction of sp³-hybridized carbons (Fsp3) is 0.550. The van der Waals surface area contributed by atoms with Crippen molar-refractivity contribution in [1.82, 2.24) is 5.32 Å². The number of alkyl carbamates (subject to hydrolysis) is 1. The number of nitrogens with zero attached hydrogens (tertiary/aromatic N) is 2. The zero-order valence-corrected chi connectivity index (χ0v) is 17.1. The zero-order chi connectivity index (χ0) is 20.6. The van der Waals surface area contributed by atoms with Crippen molar-refractivity contribution < 1.29 is 19.1 Å². The Morgan fingerprint density at radius 1 is 1.07 bits per heavy atom. The molecule has 1 heterocycles. The number of amides is 3. The third kappa shape index (κ3) is 4.78. The van der Waals surface area contributed by atoms with Crippen LogP contribution in [0.25, 0.3) is 0 Å². The average Bonchev–Trinajstić information content (AvgIpc) is 2.62. The summed E-state index contributed by atoms with van der Waals surface area (Å²) in [7, 11) is 1.63. The fourth-order valence-corrected chi connectivity index (χ4v) is 2.84. The van der Waals surface area contributed by atoms with E-state index >= 15 is 0 Å². The van der Waals surface area contributed by atoms with Crippen LogP contribution in [0.1, 0.15) is 41.5 Å². The Labute approximate surface area is 160 Å². The molecule has 148 valence electrons. The lowest BCUT2D eigenvalue weighted by molar-refractivity contribution is -0.126. The predicted octanol–water partition coefficient (Wildman–Crippen LogP) is 2.94. The Morgan fingerprint density at radius 2 is 1.63 bits per heavy atom. The van der Waals surface area contributed by atoms with Gasteiger partial charge in [0.1, 0.15) is 11.6 Å². The second-order valence-corrected chi connectivity index (χ2v) is 8.75. The summed E-state index contributed by atoms with van der Waals surface area (Å²) in [6.45, 7) is 10.8. The molecule has 0 bridgehead atoms. The van der Waals surface area contributed by atoms with E-state index in [1.54, 1.807) is 44.9 Å². The summed E-state index contributed by atoms with van der Waals surface area (Å²) >= 11 is 0. The molecule has 0 saturated heterocycles. The summed E-state index contributed by atoms with van der Waals surface area (Å²) < 4.78 is 5.28. The molecule has 1 atom stereocenters. The van der Waals surface area contributed by atoms with E-state index in [9.17, 15) is 14.4 Å². The minimum Gasteiger partial charge on any atom is -0.444 e. The maximum atomic E-state index is 13.1. The molecule has 2 rings (SSSR count). The highest BCUT2D eigenvalue weighted by Crippen LogP contribution is 2.34. The van der Waals surface area contributed by atoms with Gasteiger partial charge in [-0.25, -0.2) is 4.79 Å². The summed E-state index contributed by atoms with van der Waals surface area (Å²) in [6, 6.07) is 6.31. The molecule has 7 nitrogen and oxygen atoms in total. The first-order valence-corrected chi connectivity index (χ1v) is 8.99. The van der Waals surface area contributed by atoms with E-state index < -0.39 is 23.2 Å². The third-order valence-electron chi connectivity index (χ3n) is 4.11. The van der Waals surface area contributed by atoms with Crippen molar-refractivity contribution in [2.45, 2.75) is 53.2 Å². The number of hydrogen-bond donors (Lipinski definition) is 1. The number of anilines is 2. The van der Waals surface area contributed by atoms with E-state index in [2.05, 4.69) is 5.32 Å². The van der Waals surface area contributed by atoms with Crippen LogP contribution in [-0.2, 0) is 14.3 Å². The molecule has 1 aliphatic rings. The van der Waals surface area contributed by atoms with Crippen molar-refractivity contribution in [3.8, 4) is 0 Å². The molecule has 1 N–H and O–H groups in total. The highest BCUT2D eigenvalue weighted by atomic mass is 16.6. The lowest BCUT2D eigenvalue weighted by Gasteiger charge is -2.31. The molecule has 0 spiro atoms. The molecule has 0 aliphatic carbocycles. The number of ether oxygens (including phenoxy) is 1. The summed E-state index contributed by atoms with van der Waals surface area (Å²) in [4.78, 5) is 41.3. The minimum atomic E-state index is -0.913. The molecule has 1 aliphatic heterocycles. The van der Waals surface area contributed by atoms with Crippen LogP contribution in [0.4, 0.5) is 16.2 Å². The lowest BCUT2D eigenvalue weighted by Crippen LogP contribution is -2.54. The molecule has 0 unspecified atom stereocenters. The summed E-state index contributed by atoms with van der Waals surface area (Å²) in [5.74, 6) is -0.438. The average molecular weight is 375 g/mol. The van der Waals surface area contributed by atoms with E-state index in [4.69, 9.17) is 4.74 Å². The first-order chi connectivity index (χ1) is 12.3. The number of hydrogen-bond acceptors (Lipinski definition) is 4. The van der Waals surface area contributed by atoms with Gasteiger partial charge >= 0.3 is 6.09 Å². The minimum absolute atomic E-state index is 0.0372. The van der Waals surface area contributed by atoms with Crippen LogP contribution in [0.3, 0.4) is 0 Å². The standard InChI is InChI=1S/C20H29N3O4/c1-19(2,3)17(25)23-12-13(21-18(26)27-20(4,5)6)16(24)22(7)14-10-8-9-11-15(14)23/h8-11,13H,12H2,1-7H3,(H,21,26)/t13-/m0/s1. The van der Waals surface area contributed by atoms with Crippen molar-refractivity contribution in [2.24, 2.45) is 5.41 Å². The molecule has 7 heteroatoms. The maximum absolute atomic E-state index is 13.1. The van der Waals surface area contributed by atoms with Gasteiger partial charge in [0.15, 0.2) is 0 Å². The Hall–Kier alpha value is -2.57. The molecule has 3 amide bonds. The molecule has 1 aromatic carbocycles. The number of rotatable bonds is 1. The van der Waals surface area contributed by atoms with Crippen LogP contribution < -0.4 is 15.1 Å². The normalized spacial score (nSPS) is 17.9. The van der Waals surface area contributed by atoms with Crippen LogP contribution in [-0.4, -0.2) is 43.1 Å². The SMILES string of the molecule is CN1C(=O)[C@@H](NC(=O)OC(C)(C)C)CN(C(=O)C(C)(C)C)c2ccccc21. The Kier molecular flexibility index (Phi) is 5.54. The molecule has 27 heavy (non-hydrogen) atoms. The van der Waals surface area contributed by atoms with E-state index in [0.717, 1.165) is 0 Å². The number of carbonyl (C=O) groups is 3. The zero-order valence-electron chi connectivity index (χ0n) is 17.1. The summed E-state index contributed by atoms with van der Waals surface area (Å²) in [5.41, 5.74) is -0.0706. The smallest absolute Gasteiger partial charge is 0.408 e. The molecular formula is C20H29N3O4. The van der Waals surface area contributed by atoms with E-state index in [-0.39, 0.29) is 18.4 Å². The van der Waals surface area contributed by atoms with E-state index in [1.165, 1.54) is 4.90 Å². The van der Waals surface area contributed by atoms with Gasteiger partial charge in [-0.3, -0.25) is 9.59 Å². The molecule has 0 fully saturated rings. The number of fused-ring (bicyclic) bond motifs is 1. The van der Waals surface area contributed by atoms with E-state index in [0.29, 0.717) is 11.4 Å². The number of benzene rings is 1. The van der Waals surface area contributed by atoms with Crippen molar-refractivity contribution in [3.63, 3.8) is 0 Å². The van der Waals surface area contributed by atoms with Crippen LogP contribution >= 0.6 is 0 Å². The number of nitrogens with one attached hydrogen (secondary N) is 1. The molecule has 0 aromatic heterocycles. The van der Waals surface area contributed by atoms with Crippen molar-refractivity contribution in [2.75, 3.05) is 23.4 Å². The molecular weight excluding hydrogens is 346 g/mol. The van der Waals surface area contributed by atoms with Gasteiger partial charge in [-0.15, -0.1) is 0 Å². The second kappa shape index (κ2) is 7.21. The quantitative estimate of drug-likeness (QED) is 0.818. The monoisotopic (exact) mass is 375 g/mol. The fourth-order valence-electron chi connectivity index (χ4n) is 2.84. The number of para-hydroxylation sites is 2. The first-order valence-electron chi connectivity index (χ1n) is 8.99. The van der Waals surface area contributed by atoms with Crippen molar-refractivity contribution in [3.05, 3.63) is 24.3 Å². The van der Waals surface area contributed by atoms with Gasteiger partial charge in [0, 0.05) is 12.5 Å². The largest absolute Gasteiger partial charge is 0.444 e. The molecule has 0 radical (unpaired) electrons. The van der Waals surface area contributed by atoms with Gasteiger partial charge in [-0.2, -0.15) is 0 Å². The third-order valence-corrected chi connectivity index (χ3v) is 4.11. The van der Waals surface area contributed by atoms with Gasteiger partial charge in [0.2, 0.25) is 5.91 Å². The van der Waals surface area contributed by atoms with Crippen LogP contribution in [0, 0.1) is 5.41 Å². The van der Waals surface area contributed by atoms with Crippen LogP contribution in [0.15, 0.2) is 24.3 Å². The maximum Gasteiger partial charge on any atom is 0.408 e. The van der Waals surface area contributed by atoms with Crippen molar-refractivity contribution in [1.29, 1.82) is 0 Å². The number of carbonyl (C=O) groups excluding carboxylic acids is 3. The highest BCUT2D eigenvalue weighted by Gasteiger charge is 2.38. The molecule has 0 saturated carbocycles. The van der Waals surface area contributed by atoms with E-state index in [1.807, 2.05) is 32.9 Å². The lowest BCUT2D eigenvalue weighted by atomic mass is 9.94. The highest BCUT2D eigenvalue weighted by molar-refractivity contribution is 6.08. The van der Waals surface area contributed by atoms with Gasteiger partial charge in [0.05, 0.1) is 17.9 Å². The Morgan fingerprint density at radius 3 is 2.15 bits per heavy atom. The predicted molar refractivity (Wildman–Crippen MR) is 105 cm³/mol. The Bertz CT molecular complexity index is 746. The van der Waals surface area contributed by atoms with Crippen molar-refractivity contribution >= 4 is 29.3 Å². The van der Waals surface area contributed by atoms with Crippen LogP contribution in [0.5, 0.6) is 0 Å². The van der Waals surface area contributed by atoms with Gasteiger partial charge in [-0.05, 0) is 32.9 Å². The van der Waals surface area contributed by atoms with Gasteiger partial charge in [0.25, 0.3) is 5.91 Å². The topological polar surface area (TPSA) is 79.0 Å². The molecule has 1 aromatic rings. The van der Waals surface area contributed by atoms with Crippen LogP contribution in [0.2, 0.25) is 0 Å². The second-order valence-electron chi connectivity index (χ2n) is 8.75. The van der Waals surface area contributed by atoms with Gasteiger partial charge in [-0.1, -0.05) is 32.9 Å². The summed E-state index contributed by atoms with van der Waals surface area (Å²) in [6.07, 6.45) is -0.691. The Balaban J connectivity index is 2.41. The first kappa shape index (κ1) is 20.7. The number of likely N-dealkylation sites (N-methyl/N-ethyl adjacent to an activating group) is 1. The summed E-state index contributed by atoms with van der Waals surface area (Å²) in [5, 5.41) is 2.62.